The van der Waals surface area contributed by atoms with E-state index in [9.17, 15) is 9.59 Å². The summed E-state index contributed by atoms with van der Waals surface area (Å²) in [7, 11) is 0. The van der Waals surface area contributed by atoms with Crippen LogP contribution in [0.4, 0.5) is 5.82 Å². The summed E-state index contributed by atoms with van der Waals surface area (Å²) in [5, 5.41) is 3.70. The van der Waals surface area contributed by atoms with Crippen LogP contribution in [0.1, 0.15) is 33.3 Å². The van der Waals surface area contributed by atoms with Crippen molar-refractivity contribution in [2.45, 2.75) is 45.4 Å². The van der Waals surface area contributed by atoms with Crippen LogP contribution in [0.2, 0.25) is 5.15 Å². The Hall–Kier alpha value is -2.32. The second-order valence-electron chi connectivity index (χ2n) is 8.93. The minimum atomic E-state index is -0.403. The van der Waals surface area contributed by atoms with Gasteiger partial charge in [-0.05, 0) is 12.5 Å². The van der Waals surface area contributed by atoms with E-state index in [-0.39, 0.29) is 23.6 Å². The van der Waals surface area contributed by atoms with Crippen molar-refractivity contribution in [1.82, 2.24) is 20.2 Å². The smallest absolute Gasteiger partial charge is 0.230 e. The van der Waals surface area contributed by atoms with Gasteiger partial charge in [-0.3, -0.25) is 9.59 Å². The van der Waals surface area contributed by atoms with Gasteiger partial charge in [0.25, 0.3) is 0 Å². The lowest BCUT2D eigenvalue weighted by molar-refractivity contribution is -0.142. The van der Waals surface area contributed by atoms with E-state index in [2.05, 4.69) is 20.2 Å². The predicted octanol–water partition coefficient (Wildman–Crippen LogP) is 3.62. The minimum Gasteiger partial charge on any atom is -0.353 e. The van der Waals surface area contributed by atoms with Crippen molar-refractivity contribution in [1.29, 1.82) is 0 Å². The van der Waals surface area contributed by atoms with E-state index < -0.39 is 5.41 Å². The zero-order valence-electron chi connectivity index (χ0n) is 19.0. The van der Waals surface area contributed by atoms with E-state index in [1.54, 1.807) is 6.07 Å². The molecule has 3 rings (SSSR count). The summed E-state index contributed by atoms with van der Waals surface area (Å²) < 4.78 is 0. The lowest BCUT2D eigenvalue weighted by Crippen LogP contribution is -2.56. The maximum absolute atomic E-state index is 12.7. The summed E-state index contributed by atoms with van der Waals surface area (Å²) in [4.78, 5) is 37.8. The number of amides is 2. The molecule has 1 N–H and O–H groups in total. The average molecular weight is 476 g/mol. The van der Waals surface area contributed by atoms with Gasteiger partial charge in [-0.2, -0.15) is 0 Å². The fourth-order valence-corrected chi connectivity index (χ4v) is 4.40. The molecule has 1 saturated heterocycles. The Morgan fingerprint density at radius 3 is 2.56 bits per heavy atom. The predicted molar refractivity (Wildman–Crippen MR) is 129 cm³/mol. The first-order valence-electron chi connectivity index (χ1n) is 10.7. The molecule has 32 heavy (non-hydrogen) atoms. The molecular weight excluding hydrogens is 446 g/mol. The Morgan fingerprint density at radius 1 is 1.19 bits per heavy atom. The topological polar surface area (TPSA) is 78.4 Å². The van der Waals surface area contributed by atoms with Crippen LogP contribution in [-0.2, 0) is 16.1 Å². The molecule has 0 aliphatic carbocycles. The molecule has 2 amide bonds. The highest BCUT2D eigenvalue weighted by molar-refractivity contribution is 7.99. The molecule has 9 heteroatoms. The molecule has 1 aromatic carbocycles. The highest BCUT2D eigenvalue weighted by Crippen LogP contribution is 2.26. The quantitative estimate of drug-likeness (QED) is 0.390. The fourth-order valence-electron chi connectivity index (χ4n) is 3.49. The lowest BCUT2D eigenvalue weighted by Gasteiger charge is -2.42. The molecule has 0 radical (unpaired) electrons. The van der Waals surface area contributed by atoms with Gasteiger partial charge < -0.3 is 15.1 Å². The van der Waals surface area contributed by atoms with Gasteiger partial charge in [0.1, 0.15) is 11.0 Å². The molecule has 1 aliphatic heterocycles. The molecule has 7 nitrogen and oxygen atoms in total. The molecular formula is C23H30ClN5O2S. The molecule has 1 atom stereocenters. The van der Waals surface area contributed by atoms with Gasteiger partial charge in [-0.25, -0.2) is 9.97 Å². The van der Waals surface area contributed by atoms with E-state index in [4.69, 9.17) is 11.6 Å². The summed E-state index contributed by atoms with van der Waals surface area (Å²) in [6.07, 6.45) is 0. The number of hydrogen-bond acceptors (Lipinski definition) is 6. The monoisotopic (exact) mass is 475 g/mol. The van der Waals surface area contributed by atoms with Crippen LogP contribution in [-0.4, -0.2) is 58.1 Å². The highest BCUT2D eigenvalue weighted by Gasteiger charge is 2.34. The first-order valence-corrected chi connectivity index (χ1v) is 12.0. The van der Waals surface area contributed by atoms with Crippen LogP contribution < -0.4 is 10.2 Å². The highest BCUT2D eigenvalue weighted by atomic mass is 35.5. The lowest BCUT2D eigenvalue weighted by atomic mass is 9.93. The number of aromatic nitrogens is 2. The number of carbonyl (C=O) groups excluding carboxylic acids is 2. The van der Waals surface area contributed by atoms with Crippen LogP contribution in [0.25, 0.3) is 0 Å². The van der Waals surface area contributed by atoms with Gasteiger partial charge >= 0.3 is 0 Å². The van der Waals surface area contributed by atoms with E-state index in [0.29, 0.717) is 42.3 Å². The Labute approximate surface area is 198 Å². The van der Waals surface area contributed by atoms with Crippen molar-refractivity contribution in [3.8, 4) is 0 Å². The normalized spacial score (nSPS) is 16.7. The molecule has 172 valence electrons. The third-order valence-electron chi connectivity index (χ3n) is 5.18. The summed E-state index contributed by atoms with van der Waals surface area (Å²) in [6, 6.07) is 11.6. The second kappa shape index (κ2) is 10.5. The number of piperazine rings is 1. The third-order valence-corrected chi connectivity index (χ3v) is 6.22. The largest absolute Gasteiger partial charge is 0.353 e. The van der Waals surface area contributed by atoms with E-state index >= 15 is 0 Å². The molecule has 1 aromatic heterocycles. The van der Waals surface area contributed by atoms with Crippen molar-refractivity contribution in [2.75, 3.05) is 30.3 Å². The number of rotatable bonds is 6. The summed E-state index contributed by atoms with van der Waals surface area (Å²) in [6.45, 7) is 10.3. The molecule has 0 spiro atoms. The number of halogens is 1. The average Bonchev–Trinajstić information content (AvgIpc) is 2.75. The van der Waals surface area contributed by atoms with Crippen LogP contribution in [0.3, 0.4) is 0 Å². The van der Waals surface area contributed by atoms with Gasteiger partial charge in [-0.15, -0.1) is 0 Å². The maximum atomic E-state index is 12.7. The van der Waals surface area contributed by atoms with Crippen LogP contribution in [0.5, 0.6) is 0 Å². The van der Waals surface area contributed by atoms with Crippen molar-refractivity contribution in [2.24, 2.45) is 5.41 Å². The second-order valence-corrected chi connectivity index (χ2v) is 10.3. The van der Waals surface area contributed by atoms with E-state index in [1.807, 2.05) is 62.9 Å². The zero-order chi connectivity index (χ0) is 23.3. The number of nitrogens with zero attached hydrogens (tertiary/aromatic N) is 4. The number of carbonyl (C=O) groups is 2. The van der Waals surface area contributed by atoms with Crippen LogP contribution in [0, 0.1) is 5.41 Å². The van der Waals surface area contributed by atoms with E-state index in [0.717, 1.165) is 5.56 Å². The van der Waals surface area contributed by atoms with Crippen LogP contribution in [0.15, 0.2) is 41.6 Å². The summed E-state index contributed by atoms with van der Waals surface area (Å²) in [5.41, 5.74) is 0.643. The first-order chi connectivity index (χ1) is 15.1. The maximum Gasteiger partial charge on any atom is 0.230 e. The Morgan fingerprint density at radius 2 is 1.91 bits per heavy atom. The van der Waals surface area contributed by atoms with Crippen LogP contribution >= 0.6 is 23.4 Å². The molecule has 1 unspecified atom stereocenters. The molecule has 1 fully saturated rings. The van der Waals surface area contributed by atoms with Gasteiger partial charge in [0, 0.05) is 43.7 Å². The summed E-state index contributed by atoms with van der Waals surface area (Å²) in [5.74, 6) is 0.985. The van der Waals surface area contributed by atoms with E-state index in [1.165, 1.54) is 11.8 Å². The molecule has 0 bridgehead atoms. The van der Waals surface area contributed by atoms with Crippen molar-refractivity contribution in [3.05, 3.63) is 47.1 Å². The van der Waals surface area contributed by atoms with Crippen molar-refractivity contribution >= 4 is 41.0 Å². The Balaban J connectivity index is 1.57. The number of benzene rings is 1. The third kappa shape index (κ3) is 6.59. The molecule has 2 heterocycles. The zero-order valence-corrected chi connectivity index (χ0v) is 20.5. The number of thioether (sulfide) groups is 1. The molecule has 2 aromatic rings. The first kappa shape index (κ1) is 24.3. The van der Waals surface area contributed by atoms with Crippen molar-refractivity contribution in [3.63, 3.8) is 0 Å². The fraction of sp³-hybridized carbons (Fsp3) is 0.478. The number of hydrogen-bond donors (Lipinski definition) is 1. The molecule has 0 saturated carbocycles. The standard InChI is InChI=1S/C23H30ClN5O2S/c1-16-14-28(10-11-29(16)21(31)23(2,3)4)19-12-18(24)26-22(27-19)32-15-20(30)25-13-17-8-6-5-7-9-17/h5-9,12,16H,10-11,13-15H2,1-4H3,(H,25,30). The van der Waals surface area contributed by atoms with Gasteiger partial charge in [0.2, 0.25) is 11.8 Å². The van der Waals surface area contributed by atoms with Gasteiger partial charge in [0.15, 0.2) is 5.16 Å². The Kier molecular flexibility index (Phi) is 8.00. The van der Waals surface area contributed by atoms with Gasteiger partial charge in [0.05, 0.1) is 5.75 Å². The number of anilines is 1. The Bertz CT molecular complexity index is 951. The molecule has 1 aliphatic rings. The SMILES string of the molecule is CC1CN(c2cc(Cl)nc(SCC(=O)NCc3ccccc3)n2)CCN1C(=O)C(C)(C)C. The summed E-state index contributed by atoms with van der Waals surface area (Å²) >= 11 is 7.50. The number of nitrogens with one attached hydrogen (secondary N) is 1. The van der Waals surface area contributed by atoms with Gasteiger partial charge in [-0.1, -0.05) is 74.5 Å². The minimum absolute atomic E-state index is 0.0593. The van der Waals surface area contributed by atoms with Crippen molar-refractivity contribution < 1.29 is 9.59 Å².